The Morgan fingerprint density at radius 2 is 1.82 bits per heavy atom. The smallest absolute Gasteiger partial charge is 0.209 e. The fourth-order valence-corrected chi connectivity index (χ4v) is 8.02. The SMILES string of the molecule is CC(C)c1c(S(=O)(=O)c2ccc(OCCCN(C)C3CCCc4ccccc43)cc2)c2cc(Cl)ccc2n1C. The molecule has 39 heavy (non-hydrogen) atoms. The quantitative estimate of drug-likeness (QED) is 0.197. The molecular weight excluding hydrogens is 528 g/mol. The lowest BCUT2D eigenvalue weighted by Gasteiger charge is -2.33. The van der Waals surface area contributed by atoms with E-state index in [2.05, 4.69) is 36.2 Å². The van der Waals surface area contributed by atoms with Crippen molar-refractivity contribution in [3.05, 3.63) is 88.6 Å². The van der Waals surface area contributed by atoms with Crippen molar-refractivity contribution >= 4 is 32.3 Å². The number of benzene rings is 3. The van der Waals surface area contributed by atoms with Gasteiger partial charge in [-0.1, -0.05) is 49.7 Å². The molecule has 0 saturated carbocycles. The van der Waals surface area contributed by atoms with Crippen LogP contribution < -0.4 is 4.74 Å². The minimum absolute atomic E-state index is 0.0220. The molecule has 1 unspecified atom stereocenters. The van der Waals surface area contributed by atoms with Gasteiger partial charge < -0.3 is 9.30 Å². The van der Waals surface area contributed by atoms with E-state index in [-0.39, 0.29) is 10.8 Å². The molecule has 1 heterocycles. The first-order valence-corrected chi connectivity index (χ1v) is 15.6. The Bertz CT molecular complexity index is 1580. The number of hydrogen-bond acceptors (Lipinski definition) is 4. The largest absolute Gasteiger partial charge is 0.494 e. The van der Waals surface area contributed by atoms with Gasteiger partial charge in [-0.05, 0) is 92.2 Å². The van der Waals surface area contributed by atoms with E-state index >= 15 is 0 Å². The molecule has 5 nitrogen and oxygen atoms in total. The number of ether oxygens (including phenoxy) is 1. The Hall–Kier alpha value is -2.80. The second kappa shape index (κ2) is 11.4. The molecule has 4 aromatic rings. The van der Waals surface area contributed by atoms with Gasteiger partial charge in [0.05, 0.1) is 11.5 Å². The summed E-state index contributed by atoms with van der Waals surface area (Å²) in [4.78, 5) is 3.01. The summed E-state index contributed by atoms with van der Waals surface area (Å²) in [6.45, 7) is 5.53. The molecule has 0 fully saturated rings. The molecule has 0 spiro atoms. The maximum absolute atomic E-state index is 13.9. The first kappa shape index (κ1) is 27.8. The molecular formula is C32H37ClN2O3S. The van der Waals surface area contributed by atoms with Crippen molar-refractivity contribution in [3.63, 3.8) is 0 Å². The molecule has 0 amide bonds. The van der Waals surface area contributed by atoms with Gasteiger partial charge in [0, 0.05) is 41.3 Å². The molecule has 7 heteroatoms. The number of halogens is 1. The van der Waals surface area contributed by atoms with Crippen LogP contribution >= 0.6 is 11.6 Å². The van der Waals surface area contributed by atoms with E-state index in [1.165, 1.54) is 30.4 Å². The van der Waals surface area contributed by atoms with E-state index < -0.39 is 9.84 Å². The van der Waals surface area contributed by atoms with Gasteiger partial charge in [-0.15, -0.1) is 0 Å². The van der Waals surface area contributed by atoms with E-state index in [1.54, 1.807) is 36.4 Å². The molecule has 0 N–H and O–H groups in total. The van der Waals surface area contributed by atoms with Gasteiger partial charge >= 0.3 is 0 Å². The maximum atomic E-state index is 13.9. The number of sulfone groups is 1. The summed E-state index contributed by atoms with van der Waals surface area (Å²) in [5, 5.41) is 1.17. The lowest BCUT2D eigenvalue weighted by atomic mass is 9.87. The van der Waals surface area contributed by atoms with Crippen molar-refractivity contribution in [2.45, 2.75) is 61.3 Å². The molecule has 206 valence electrons. The summed E-state index contributed by atoms with van der Waals surface area (Å²) in [7, 11) is 0.333. The molecule has 1 atom stereocenters. The van der Waals surface area contributed by atoms with Gasteiger partial charge in [0.25, 0.3) is 0 Å². The van der Waals surface area contributed by atoms with Crippen LogP contribution in [-0.2, 0) is 23.3 Å². The Labute approximate surface area is 237 Å². The average Bonchev–Trinajstić information content (AvgIpc) is 3.23. The van der Waals surface area contributed by atoms with Gasteiger partial charge in [0.1, 0.15) is 10.6 Å². The fraction of sp³-hybridized carbons (Fsp3) is 0.375. The second-order valence-corrected chi connectivity index (χ2v) is 13.2. The number of aryl methyl sites for hydroxylation is 2. The zero-order valence-electron chi connectivity index (χ0n) is 23.2. The van der Waals surface area contributed by atoms with E-state index in [9.17, 15) is 8.42 Å². The number of aromatic nitrogens is 1. The van der Waals surface area contributed by atoms with Crippen molar-refractivity contribution in [1.29, 1.82) is 0 Å². The summed E-state index contributed by atoms with van der Waals surface area (Å²) in [6, 6.07) is 21.4. The molecule has 0 bridgehead atoms. The van der Waals surface area contributed by atoms with Gasteiger partial charge in [0.2, 0.25) is 9.84 Å². The standard InChI is InChI=1S/C32H37ClN2O3S/c1-22(2)31-32(28-21-24(33)13-18-30(28)35(31)4)39(36,37)26-16-14-25(15-17-26)38-20-8-19-34(3)29-12-7-10-23-9-5-6-11-27(23)29/h5-6,9,11,13-18,21-22,29H,7-8,10,12,19-20H2,1-4H3. The predicted molar refractivity (Wildman–Crippen MR) is 159 cm³/mol. The Morgan fingerprint density at radius 1 is 1.08 bits per heavy atom. The first-order valence-electron chi connectivity index (χ1n) is 13.7. The summed E-state index contributed by atoms with van der Waals surface area (Å²) < 4.78 is 35.7. The van der Waals surface area contributed by atoms with Crippen molar-refractivity contribution in [2.24, 2.45) is 7.05 Å². The zero-order chi connectivity index (χ0) is 27.7. The van der Waals surface area contributed by atoms with Crippen molar-refractivity contribution in [1.82, 2.24) is 9.47 Å². The van der Waals surface area contributed by atoms with Gasteiger partial charge in [-0.2, -0.15) is 0 Å². The molecule has 1 aromatic heterocycles. The van der Waals surface area contributed by atoms with Crippen LogP contribution in [0.1, 0.15) is 61.9 Å². The fourth-order valence-electron chi connectivity index (χ4n) is 6.01. The maximum Gasteiger partial charge on any atom is 0.209 e. The Kier molecular flexibility index (Phi) is 8.08. The van der Waals surface area contributed by atoms with Crippen LogP contribution in [0, 0.1) is 0 Å². The zero-order valence-corrected chi connectivity index (χ0v) is 24.7. The number of hydrogen-bond donors (Lipinski definition) is 0. The van der Waals surface area contributed by atoms with Crippen molar-refractivity contribution in [2.75, 3.05) is 20.2 Å². The van der Waals surface area contributed by atoms with Crippen molar-refractivity contribution < 1.29 is 13.2 Å². The topological polar surface area (TPSA) is 51.5 Å². The third kappa shape index (κ3) is 5.47. The summed E-state index contributed by atoms with van der Waals surface area (Å²) >= 11 is 6.27. The normalized spacial score (nSPS) is 15.7. The lowest BCUT2D eigenvalue weighted by molar-refractivity contribution is 0.199. The molecule has 0 aliphatic heterocycles. The second-order valence-electron chi connectivity index (χ2n) is 10.9. The number of rotatable bonds is 9. The summed E-state index contributed by atoms with van der Waals surface area (Å²) in [5.41, 5.74) is 4.55. The van der Waals surface area contributed by atoms with Crippen LogP contribution in [0.3, 0.4) is 0 Å². The molecule has 0 radical (unpaired) electrons. The van der Waals surface area contributed by atoms with Gasteiger partial charge in [-0.3, -0.25) is 4.90 Å². The molecule has 1 aliphatic rings. The van der Waals surface area contributed by atoms with Crippen molar-refractivity contribution in [3.8, 4) is 5.75 Å². The van der Waals surface area contributed by atoms with Gasteiger partial charge in [0.15, 0.2) is 0 Å². The highest BCUT2D eigenvalue weighted by molar-refractivity contribution is 7.91. The predicted octanol–water partition coefficient (Wildman–Crippen LogP) is 7.57. The van der Waals surface area contributed by atoms with E-state index in [4.69, 9.17) is 16.3 Å². The van der Waals surface area contributed by atoms with E-state index in [0.29, 0.717) is 33.7 Å². The lowest BCUT2D eigenvalue weighted by Crippen LogP contribution is -2.29. The van der Waals surface area contributed by atoms with Crippen LogP contribution in [0.25, 0.3) is 10.9 Å². The van der Waals surface area contributed by atoms with Crippen LogP contribution in [0.2, 0.25) is 5.02 Å². The first-order chi connectivity index (χ1) is 18.7. The highest BCUT2D eigenvalue weighted by Crippen LogP contribution is 2.38. The monoisotopic (exact) mass is 564 g/mol. The van der Waals surface area contributed by atoms with E-state index in [0.717, 1.165) is 24.2 Å². The van der Waals surface area contributed by atoms with Gasteiger partial charge in [-0.25, -0.2) is 8.42 Å². The van der Waals surface area contributed by atoms with Crippen LogP contribution in [-0.4, -0.2) is 38.1 Å². The van der Waals surface area contributed by atoms with Crippen LogP contribution in [0.15, 0.2) is 76.5 Å². The highest BCUT2D eigenvalue weighted by atomic mass is 35.5. The average molecular weight is 565 g/mol. The van der Waals surface area contributed by atoms with Crippen LogP contribution in [0.5, 0.6) is 5.75 Å². The highest BCUT2D eigenvalue weighted by Gasteiger charge is 2.29. The third-order valence-corrected chi connectivity index (χ3v) is 10.00. The van der Waals surface area contributed by atoms with Crippen LogP contribution in [0.4, 0.5) is 0 Å². The molecule has 5 rings (SSSR count). The number of fused-ring (bicyclic) bond motifs is 2. The summed E-state index contributed by atoms with van der Waals surface area (Å²) in [5.74, 6) is 0.693. The summed E-state index contributed by atoms with van der Waals surface area (Å²) in [6.07, 6.45) is 4.47. The third-order valence-electron chi connectivity index (χ3n) is 7.90. The molecule has 1 aliphatic carbocycles. The minimum atomic E-state index is -3.77. The molecule has 0 saturated heterocycles. The minimum Gasteiger partial charge on any atom is -0.494 e. The molecule has 3 aromatic carbocycles. The Morgan fingerprint density at radius 3 is 2.56 bits per heavy atom. The van der Waals surface area contributed by atoms with E-state index in [1.807, 2.05) is 31.5 Å². The number of nitrogens with zero attached hydrogens (tertiary/aromatic N) is 2. The Balaban J connectivity index is 1.26.